The van der Waals surface area contributed by atoms with E-state index in [1.165, 1.54) is 7.11 Å². The van der Waals surface area contributed by atoms with Crippen molar-refractivity contribution in [3.8, 4) is 0 Å². The van der Waals surface area contributed by atoms with E-state index in [2.05, 4.69) is 5.09 Å². The summed E-state index contributed by atoms with van der Waals surface area (Å²) in [5, 5.41) is 2.37. The molecule has 0 radical (unpaired) electrons. The summed E-state index contributed by atoms with van der Waals surface area (Å²) in [4.78, 5) is 21.1. The van der Waals surface area contributed by atoms with Crippen LogP contribution in [-0.4, -0.2) is 35.8 Å². The van der Waals surface area contributed by atoms with Crippen molar-refractivity contribution in [1.82, 2.24) is 5.09 Å². The summed E-state index contributed by atoms with van der Waals surface area (Å²) in [5.74, 6) is 0. The molecular formula is C6H13N2O4P+2. The van der Waals surface area contributed by atoms with Crippen LogP contribution in [0.15, 0.2) is 0 Å². The number of carbonyl (C=O) groups is 1. The average molecular weight is 208 g/mol. The first-order valence-corrected chi connectivity index (χ1v) is 5.77. The van der Waals surface area contributed by atoms with Crippen LogP contribution in [0.4, 0.5) is 4.79 Å². The Morgan fingerprint density at radius 3 is 2.69 bits per heavy atom. The van der Waals surface area contributed by atoms with Crippen molar-refractivity contribution in [3.63, 3.8) is 0 Å². The zero-order chi connectivity index (χ0) is 9.53. The first-order valence-electron chi connectivity index (χ1n) is 4.19. The highest BCUT2D eigenvalue weighted by Crippen LogP contribution is 2.59. The van der Waals surface area contributed by atoms with Crippen molar-refractivity contribution in [2.75, 3.05) is 20.2 Å². The van der Waals surface area contributed by atoms with Crippen LogP contribution in [0, 0.1) is 0 Å². The lowest BCUT2D eigenvalue weighted by molar-refractivity contribution is -1.00. The van der Waals surface area contributed by atoms with Gasteiger partial charge in [0.2, 0.25) is 0 Å². The zero-order valence-corrected chi connectivity index (χ0v) is 8.29. The van der Waals surface area contributed by atoms with E-state index in [9.17, 15) is 9.69 Å². The van der Waals surface area contributed by atoms with Gasteiger partial charge in [-0.1, -0.05) is 9.73 Å². The third kappa shape index (κ3) is 1.35. The molecule has 2 amide bonds. The van der Waals surface area contributed by atoms with Crippen LogP contribution < -0.4 is 5.09 Å². The van der Waals surface area contributed by atoms with Crippen molar-refractivity contribution in [1.29, 1.82) is 0 Å². The highest BCUT2D eigenvalue weighted by Gasteiger charge is 2.68. The lowest BCUT2D eigenvalue weighted by atomic mass is 10.4. The van der Waals surface area contributed by atoms with E-state index in [0.29, 0.717) is 13.1 Å². The maximum Gasteiger partial charge on any atom is 0.593 e. The maximum atomic E-state index is 11.5. The van der Waals surface area contributed by atoms with Crippen molar-refractivity contribution in [2.45, 2.75) is 12.8 Å². The van der Waals surface area contributed by atoms with Crippen LogP contribution in [0.5, 0.6) is 0 Å². The second-order valence-corrected chi connectivity index (χ2v) is 5.04. The minimum Gasteiger partial charge on any atom is -0.200 e. The molecule has 13 heavy (non-hydrogen) atoms. The van der Waals surface area contributed by atoms with Crippen LogP contribution in [0.25, 0.3) is 0 Å². The number of quaternary nitrogens is 1. The smallest absolute Gasteiger partial charge is 0.200 e. The Labute approximate surface area is 76.6 Å². The standard InChI is InChI=1S/C6H12N2O4P/c1-11-13(10)7-6(9)8(12-13)4-2-3-5-8/h10H,2-5H2,1H3/q+1/p+1. The van der Waals surface area contributed by atoms with E-state index in [1.807, 2.05) is 0 Å². The van der Waals surface area contributed by atoms with Gasteiger partial charge in [0.25, 0.3) is 0 Å². The Bertz CT molecular complexity index is 243. The molecule has 2 aliphatic heterocycles. The largest absolute Gasteiger partial charge is 0.593 e. The third-order valence-electron chi connectivity index (χ3n) is 2.41. The summed E-state index contributed by atoms with van der Waals surface area (Å²) in [5.41, 5.74) is 0. The fourth-order valence-electron chi connectivity index (χ4n) is 1.69. The quantitative estimate of drug-likeness (QED) is 0.488. The van der Waals surface area contributed by atoms with Gasteiger partial charge in [0.05, 0.1) is 7.11 Å². The molecular weight excluding hydrogens is 195 g/mol. The number of rotatable bonds is 1. The zero-order valence-electron chi connectivity index (χ0n) is 7.39. The molecule has 1 unspecified atom stereocenters. The van der Waals surface area contributed by atoms with Crippen LogP contribution in [0.1, 0.15) is 12.8 Å². The molecule has 1 spiro atoms. The monoisotopic (exact) mass is 208 g/mol. The highest BCUT2D eigenvalue weighted by atomic mass is 31.2. The van der Waals surface area contributed by atoms with Gasteiger partial charge < -0.3 is 0 Å². The van der Waals surface area contributed by atoms with Gasteiger partial charge in [-0.15, -0.1) is 0 Å². The summed E-state index contributed by atoms with van der Waals surface area (Å²) < 4.78 is 9.92. The summed E-state index contributed by atoms with van der Waals surface area (Å²) in [7, 11) is -1.77. The Balaban J connectivity index is 2.20. The Morgan fingerprint density at radius 2 is 2.23 bits per heavy atom. The molecule has 0 aromatic rings. The first-order chi connectivity index (χ1) is 6.10. The van der Waals surface area contributed by atoms with Gasteiger partial charge in [0.15, 0.2) is 0 Å². The van der Waals surface area contributed by atoms with E-state index in [-0.39, 0.29) is 10.7 Å². The van der Waals surface area contributed by atoms with E-state index >= 15 is 0 Å². The number of nitrogens with one attached hydrogen (secondary N) is 1. The molecule has 2 fully saturated rings. The number of carbonyl (C=O) groups excluding carboxylic acids is 1. The molecule has 0 aromatic heterocycles. The van der Waals surface area contributed by atoms with Gasteiger partial charge in [-0.3, -0.25) is 0 Å². The maximum absolute atomic E-state index is 11.5. The average Bonchev–Trinajstić information content (AvgIpc) is 2.62. The highest BCUT2D eigenvalue weighted by molar-refractivity contribution is 7.59. The Morgan fingerprint density at radius 1 is 1.62 bits per heavy atom. The predicted molar refractivity (Wildman–Crippen MR) is 45.0 cm³/mol. The van der Waals surface area contributed by atoms with Gasteiger partial charge in [0.1, 0.15) is 13.1 Å². The van der Waals surface area contributed by atoms with Gasteiger partial charge in [-0.05, 0) is 0 Å². The number of amides is 2. The molecule has 0 aliphatic carbocycles. The first kappa shape index (κ1) is 9.30. The number of nitrogens with zero attached hydrogens (tertiary/aromatic N) is 1. The van der Waals surface area contributed by atoms with Crippen LogP contribution in [0.3, 0.4) is 0 Å². The second-order valence-electron chi connectivity index (χ2n) is 3.25. The fourth-order valence-corrected chi connectivity index (χ4v) is 2.98. The number of urea groups is 1. The number of hydrogen-bond donors (Lipinski definition) is 2. The molecule has 74 valence electrons. The molecule has 2 aliphatic rings. The lowest BCUT2D eigenvalue weighted by Gasteiger charge is -2.14. The van der Waals surface area contributed by atoms with Crippen molar-refractivity contribution in [3.05, 3.63) is 0 Å². The Hall–Kier alpha value is -0.260. The number of hydroxylamine groups is 3. The van der Waals surface area contributed by atoms with E-state index in [4.69, 9.17) is 9.15 Å². The molecule has 2 saturated heterocycles. The molecule has 1 atom stereocenters. The van der Waals surface area contributed by atoms with E-state index in [0.717, 1.165) is 12.8 Å². The fraction of sp³-hybridized carbons (Fsp3) is 0.833. The van der Waals surface area contributed by atoms with Gasteiger partial charge in [-0.25, -0.2) is 0 Å². The second kappa shape index (κ2) is 2.87. The predicted octanol–water partition coefficient (Wildman–Crippen LogP) is 0.568. The molecule has 2 rings (SSSR count). The third-order valence-corrected chi connectivity index (χ3v) is 3.91. The minimum atomic E-state index is -3.10. The van der Waals surface area contributed by atoms with E-state index in [1.54, 1.807) is 0 Å². The summed E-state index contributed by atoms with van der Waals surface area (Å²) in [6.07, 6.45) is 1.88. The van der Waals surface area contributed by atoms with Crippen molar-refractivity contribution < 1.29 is 23.5 Å². The molecule has 2 N–H and O–H groups in total. The van der Waals surface area contributed by atoms with Crippen LogP contribution >= 0.6 is 8.09 Å². The Kier molecular flexibility index (Phi) is 2.05. The molecule has 0 aromatic carbocycles. The normalized spacial score (nSPS) is 36.9. The molecule has 0 bridgehead atoms. The molecule has 7 heteroatoms. The summed E-state index contributed by atoms with van der Waals surface area (Å²) in [6.45, 7) is 1.25. The van der Waals surface area contributed by atoms with Gasteiger partial charge in [0, 0.05) is 17.5 Å². The van der Waals surface area contributed by atoms with Gasteiger partial charge >= 0.3 is 14.1 Å². The van der Waals surface area contributed by atoms with E-state index < -0.39 is 8.09 Å². The van der Waals surface area contributed by atoms with Crippen molar-refractivity contribution in [2.24, 2.45) is 0 Å². The van der Waals surface area contributed by atoms with Crippen LogP contribution in [0.2, 0.25) is 0 Å². The van der Waals surface area contributed by atoms with Crippen molar-refractivity contribution >= 4 is 14.1 Å². The molecule has 2 heterocycles. The molecule has 0 saturated carbocycles. The van der Waals surface area contributed by atoms with Crippen LogP contribution in [-0.2, 0) is 9.15 Å². The molecule has 6 nitrogen and oxygen atoms in total. The summed E-state index contributed by atoms with van der Waals surface area (Å²) >= 11 is 0. The van der Waals surface area contributed by atoms with Gasteiger partial charge in [-0.2, -0.15) is 14.2 Å². The number of hydrogen-bond acceptors (Lipinski definition) is 4. The minimum absolute atomic E-state index is 0.113. The topological polar surface area (TPSA) is 67.8 Å². The summed E-state index contributed by atoms with van der Waals surface area (Å²) in [6, 6.07) is -0.282. The lowest BCUT2D eigenvalue weighted by Crippen LogP contribution is -2.46. The SMILES string of the molecule is CO[P+]1(O)NC(=O)[N+]2(CCCC2)O1.